The van der Waals surface area contributed by atoms with Crippen LogP contribution < -0.4 is 0 Å². The van der Waals surface area contributed by atoms with Gasteiger partial charge in [-0.15, -0.1) is 0 Å². The predicted molar refractivity (Wildman–Crippen MR) is 45.2 cm³/mol. The van der Waals surface area contributed by atoms with E-state index in [0.29, 0.717) is 6.42 Å². The Balaban J connectivity index is 2.47. The molecule has 0 aromatic carbocycles. The zero-order valence-electron chi connectivity index (χ0n) is 7.26. The van der Waals surface area contributed by atoms with Crippen molar-refractivity contribution in [1.82, 2.24) is 4.90 Å². The number of carbonyl (C=O) groups excluding carboxylic acids is 1. The predicted octanol–water partition coefficient (Wildman–Crippen LogP) is 1.57. The monoisotopic (exact) mass is 153 g/mol. The van der Waals surface area contributed by atoms with Crippen molar-refractivity contribution in [2.24, 2.45) is 0 Å². The van der Waals surface area contributed by atoms with Crippen LogP contribution in [-0.2, 0) is 4.79 Å². The zero-order chi connectivity index (χ0) is 8.27. The van der Waals surface area contributed by atoms with Gasteiger partial charge >= 0.3 is 0 Å². The molecule has 0 fully saturated rings. The van der Waals surface area contributed by atoms with Crippen LogP contribution in [-0.4, -0.2) is 24.3 Å². The first-order valence-electron chi connectivity index (χ1n) is 4.18. The molecule has 0 spiro atoms. The smallest absolute Gasteiger partial charge is 0.157 e. The average Bonchev–Trinajstić information content (AvgIpc) is 2.36. The molecule has 0 unspecified atom stereocenters. The number of allylic oxidation sites excluding steroid dienone is 2. The summed E-state index contributed by atoms with van der Waals surface area (Å²) in [5.74, 6) is 0.281. The molecule has 0 N–H and O–H groups in total. The van der Waals surface area contributed by atoms with Crippen LogP contribution in [0.3, 0.4) is 0 Å². The van der Waals surface area contributed by atoms with E-state index in [1.54, 1.807) is 6.08 Å². The average molecular weight is 153 g/mol. The molecule has 1 aliphatic carbocycles. The van der Waals surface area contributed by atoms with E-state index < -0.39 is 0 Å². The maximum Gasteiger partial charge on any atom is 0.157 e. The fraction of sp³-hybridized carbons (Fsp3) is 0.667. The summed E-state index contributed by atoms with van der Waals surface area (Å²) in [5, 5.41) is 0. The van der Waals surface area contributed by atoms with E-state index in [0.717, 1.165) is 19.4 Å². The highest BCUT2D eigenvalue weighted by Crippen LogP contribution is 2.17. The topological polar surface area (TPSA) is 20.3 Å². The summed E-state index contributed by atoms with van der Waals surface area (Å²) in [6, 6.07) is 0. The van der Waals surface area contributed by atoms with Crippen molar-refractivity contribution in [2.45, 2.75) is 26.2 Å². The Bertz CT molecular complexity index is 184. The molecule has 0 aliphatic heterocycles. The SMILES string of the molecule is CCCN(C)C1=CC(=O)CC1. The van der Waals surface area contributed by atoms with E-state index in [1.165, 1.54) is 5.70 Å². The highest BCUT2D eigenvalue weighted by molar-refractivity contribution is 5.92. The van der Waals surface area contributed by atoms with Crippen molar-refractivity contribution in [1.29, 1.82) is 0 Å². The van der Waals surface area contributed by atoms with Crippen molar-refractivity contribution in [3.05, 3.63) is 11.8 Å². The normalized spacial score (nSPS) is 16.9. The number of nitrogens with zero attached hydrogens (tertiary/aromatic N) is 1. The molecule has 2 nitrogen and oxygen atoms in total. The van der Waals surface area contributed by atoms with Crippen molar-refractivity contribution in [3.63, 3.8) is 0 Å². The van der Waals surface area contributed by atoms with Crippen LogP contribution in [0.5, 0.6) is 0 Å². The first kappa shape index (κ1) is 8.31. The standard InChI is InChI=1S/C9H15NO/c1-3-6-10(2)8-4-5-9(11)7-8/h7H,3-6H2,1-2H3. The Kier molecular flexibility index (Phi) is 2.69. The highest BCUT2D eigenvalue weighted by atomic mass is 16.1. The largest absolute Gasteiger partial charge is 0.378 e. The lowest BCUT2D eigenvalue weighted by molar-refractivity contribution is -0.114. The summed E-state index contributed by atoms with van der Waals surface area (Å²) >= 11 is 0. The molecular weight excluding hydrogens is 138 g/mol. The first-order valence-corrected chi connectivity index (χ1v) is 4.18. The molecule has 0 aromatic rings. The van der Waals surface area contributed by atoms with Gasteiger partial charge in [-0.3, -0.25) is 4.79 Å². The summed E-state index contributed by atoms with van der Waals surface area (Å²) in [6.45, 7) is 3.20. The zero-order valence-corrected chi connectivity index (χ0v) is 7.26. The summed E-state index contributed by atoms with van der Waals surface area (Å²) in [6.07, 6.45) is 4.57. The molecular formula is C9H15NO. The molecule has 0 aromatic heterocycles. The molecule has 0 amide bonds. The fourth-order valence-electron chi connectivity index (χ4n) is 1.36. The van der Waals surface area contributed by atoms with E-state index in [9.17, 15) is 4.79 Å². The molecule has 0 saturated heterocycles. The van der Waals surface area contributed by atoms with Gasteiger partial charge in [0.05, 0.1) is 0 Å². The van der Waals surface area contributed by atoms with Gasteiger partial charge in [-0.2, -0.15) is 0 Å². The summed E-state index contributed by atoms with van der Waals surface area (Å²) in [7, 11) is 2.05. The number of ketones is 1. The molecule has 0 atom stereocenters. The molecule has 0 radical (unpaired) electrons. The van der Waals surface area contributed by atoms with E-state index in [4.69, 9.17) is 0 Å². The van der Waals surface area contributed by atoms with Gasteiger partial charge in [0.15, 0.2) is 5.78 Å². The van der Waals surface area contributed by atoms with Crippen molar-refractivity contribution in [2.75, 3.05) is 13.6 Å². The van der Waals surface area contributed by atoms with Gasteiger partial charge in [0, 0.05) is 31.8 Å². The summed E-state index contributed by atoms with van der Waals surface area (Å²) < 4.78 is 0. The highest BCUT2D eigenvalue weighted by Gasteiger charge is 2.14. The third-order valence-electron chi connectivity index (χ3n) is 2.00. The minimum Gasteiger partial charge on any atom is -0.378 e. The van der Waals surface area contributed by atoms with Crippen LogP contribution in [0.1, 0.15) is 26.2 Å². The third kappa shape index (κ3) is 2.07. The quantitative estimate of drug-likeness (QED) is 0.613. The van der Waals surface area contributed by atoms with E-state index in [2.05, 4.69) is 11.8 Å². The molecule has 0 bridgehead atoms. The van der Waals surface area contributed by atoms with E-state index in [1.807, 2.05) is 7.05 Å². The van der Waals surface area contributed by atoms with Gasteiger partial charge in [0.1, 0.15) is 0 Å². The number of rotatable bonds is 3. The number of carbonyl (C=O) groups is 1. The Hall–Kier alpha value is -0.790. The minimum absolute atomic E-state index is 0.281. The maximum atomic E-state index is 10.9. The second-order valence-electron chi connectivity index (χ2n) is 3.02. The molecule has 1 aliphatic rings. The molecule has 1 rings (SSSR count). The van der Waals surface area contributed by atoms with Crippen LogP contribution in [0, 0.1) is 0 Å². The Labute approximate surface area is 67.9 Å². The van der Waals surface area contributed by atoms with Crippen molar-refractivity contribution >= 4 is 5.78 Å². The van der Waals surface area contributed by atoms with Gasteiger partial charge in [-0.1, -0.05) is 6.92 Å². The third-order valence-corrected chi connectivity index (χ3v) is 2.00. The van der Waals surface area contributed by atoms with Gasteiger partial charge in [-0.05, 0) is 12.8 Å². The van der Waals surface area contributed by atoms with Crippen LogP contribution >= 0.6 is 0 Å². The van der Waals surface area contributed by atoms with Gasteiger partial charge in [0.25, 0.3) is 0 Å². The fourth-order valence-corrected chi connectivity index (χ4v) is 1.36. The molecule has 11 heavy (non-hydrogen) atoms. The van der Waals surface area contributed by atoms with Crippen LogP contribution in [0.2, 0.25) is 0 Å². The molecule has 62 valence electrons. The van der Waals surface area contributed by atoms with Crippen LogP contribution in [0.15, 0.2) is 11.8 Å². The lowest BCUT2D eigenvalue weighted by Crippen LogP contribution is -2.17. The Morgan fingerprint density at radius 2 is 2.27 bits per heavy atom. The second-order valence-corrected chi connectivity index (χ2v) is 3.02. The minimum atomic E-state index is 0.281. The Morgan fingerprint density at radius 3 is 2.73 bits per heavy atom. The summed E-state index contributed by atoms with van der Waals surface area (Å²) in [5.41, 5.74) is 1.21. The maximum absolute atomic E-state index is 10.9. The van der Waals surface area contributed by atoms with Crippen molar-refractivity contribution < 1.29 is 4.79 Å². The van der Waals surface area contributed by atoms with Gasteiger partial charge in [0.2, 0.25) is 0 Å². The van der Waals surface area contributed by atoms with Crippen LogP contribution in [0.4, 0.5) is 0 Å². The van der Waals surface area contributed by atoms with Gasteiger partial charge in [-0.25, -0.2) is 0 Å². The van der Waals surface area contributed by atoms with Crippen LogP contribution in [0.25, 0.3) is 0 Å². The number of hydrogen-bond acceptors (Lipinski definition) is 2. The van der Waals surface area contributed by atoms with Crippen molar-refractivity contribution in [3.8, 4) is 0 Å². The lowest BCUT2D eigenvalue weighted by atomic mass is 10.3. The molecule has 0 heterocycles. The molecule has 2 heteroatoms. The molecule has 0 saturated carbocycles. The number of hydrogen-bond donors (Lipinski definition) is 0. The van der Waals surface area contributed by atoms with E-state index >= 15 is 0 Å². The Morgan fingerprint density at radius 1 is 1.55 bits per heavy atom. The first-order chi connectivity index (χ1) is 5.24. The van der Waals surface area contributed by atoms with E-state index in [-0.39, 0.29) is 5.78 Å². The lowest BCUT2D eigenvalue weighted by Gasteiger charge is -2.18. The van der Waals surface area contributed by atoms with Gasteiger partial charge < -0.3 is 4.90 Å². The second kappa shape index (κ2) is 3.56. The summed E-state index contributed by atoms with van der Waals surface area (Å²) in [4.78, 5) is 13.0.